The number of pyridine rings is 1. The number of esters is 1. The Labute approximate surface area is 134 Å². The van der Waals surface area contributed by atoms with E-state index in [2.05, 4.69) is 10.3 Å². The Balaban J connectivity index is 2.12. The molecule has 1 amide bonds. The van der Waals surface area contributed by atoms with Crippen LogP contribution in [0.1, 0.15) is 23.0 Å². The molecule has 0 spiro atoms. The first-order valence-corrected chi connectivity index (χ1v) is 7.26. The number of amides is 1. The highest BCUT2D eigenvalue weighted by Gasteiger charge is 2.23. The highest BCUT2D eigenvalue weighted by molar-refractivity contribution is 5.95. The van der Waals surface area contributed by atoms with Gasteiger partial charge in [-0.15, -0.1) is 0 Å². The summed E-state index contributed by atoms with van der Waals surface area (Å²) in [5.41, 5.74) is 1.02. The van der Waals surface area contributed by atoms with E-state index in [9.17, 15) is 14.7 Å². The molecule has 0 bridgehead atoms. The molecule has 0 saturated heterocycles. The summed E-state index contributed by atoms with van der Waals surface area (Å²) in [4.78, 5) is 28.2. The zero-order valence-corrected chi connectivity index (χ0v) is 12.7. The van der Waals surface area contributed by atoms with Crippen LogP contribution in [0.2, 0.25) is 0 Å². The van der Waals surface area contributed by atoms with Gasteiger partial charge in [0, 0.05) is 12.6 Å². The summed E-state index contributed by atoms with van der Waals surface area (Å²) in [5, 5.41) is 12.0. The quantitative estimate of drug-likeness (QED) is 0.792. The number of hydrogen-bond acceptors (Lipinski definition) is 5. The van der Waals surface area contributed by atoms with E-state index >= 15 is 0 Å². The summed E-state index contributed by atoms with van der Waals surface area (Å²) < 4.78 is 5.01. The van der Waals surface area contributed by atoms with Gasteiger partial charge in [-0.2, -0.15) is 0 Å². The van der Waals surface area contributed by atoms with E-state index in [1.165, 1.54) is 18.3 Å². The van der Waals surface area contributed by atoms with Crippen LogP contribution in [0.25, 0.3) is 0 Å². The number of aromatic hydroxyl groups is 1. The Morgan fingerprint density at radius 2 is 1.96 bits per heavy atom. The molecule has 2 N–H and O–H groups in total. The predicted molar refractivity (Wildman–Crippen MR) is 83.9 cm³/mol. The maximum absolute atomic E-state index is 12.2. The van der Waals surface area contributed by atoms with E-state index in [1.807, 2.05) is 0 Å². The molecule has 2 aromatic rings. The van der Waals surface area contributed by atoms with Crippen molar-refractivity contribution in [2.75, 3.05) is 6.61 Å². The third-order valence-corrected chi connectivity index (χ3v) is 3.15. The van der Waals surface area contributed by atoms with Crippen molar-refractivity contribution in [3.05, 3.63) is 59.9 Å². The third-order valence-electron chi connectivity index (χ3n) is 3.15. The fraction of sp³-hybridized carbons (Fsp3) is 0.235. The van der Waals surface area contributed by atoms with Gasteiger partial charge in [0.15, 0.2) is 0 Å². The Morgan fingerprint density at radius 3 is 2.57 bits per heavy atom. The van der Waals surface area contributed by atoms with Crippen LogP contribution in [-0.4, -0.2) is 34.6 Å². The lowest BCUT2D eigenvalue weighted by Crippen LogP contribution is -2.43. The van der Waals surface area contributed by atoms with Gasteiger partial charge in [-0.1, -0.05) is 18.2 Å². The van der Waals surface area contributed by atoms with E-state index in [0.29, 0.717) is 0 Å². The van der Waals surface area contributed by atoms with Crippen LogP contribution >= 0.6 is 0 Å². The lowest BCUT2D eigenvalue weighted by Gasteiger charge is -2.17. The maximum atomic E-state index is 12.2. The molecule has 6 nitrogen and oxygen atoms in total. The largest absolute Gasteiger partial charge is 0.508 e. The molecule has 0 aliphatic carbocycles. The molecule has 23 heavy (non-hydrogen) atoms. The van der Waals surface area contributed by atoms with Gasteiger partial charge in [-0.05, 0) is 36.8 Å². The van der Waals surface area contributed by atoms with Gasteiger partial charge in [0.25, 0.3) is 5.91 Å². The van der Waals surface area contributed by atoms with Crippen molar-refractivity contribution in [2.45, 2.75) is 19.4 Å². The van der Waals surface area contributed by atoms with Gasteiger partial charge in [0.2, 0.25) is 0 Å². The number of phenols is 1. The van der Waals surface area contributed by atoms with Crippen LogP contribution < -0.4 is 5.32 Å². The minimum Gasteiger partial charge on any atom is -0.508 e. The van der Waals surface area contributed by atoms with Crippen molar-refractivity contribution < 1.29 is 19.4 Å². The lowest BCUT2D eigenvalue weighted by molar-refractivity contribution is -0.145. The molecule has 0 aliphatic heterocycles. The number of ether oxygens (including phenoxy) is 1. The van der Waals surface area contributed by atoms with E-state index in [4.69, 9.17) is 4.74 Å². The maximum Gasteiger partial charge on any atom is 0.328 e. The lowest BCUT2D eigenvalue weighted by atomic mass is 10.1. The van der Waals surface area contributed by atoms with Crippen LogP contribution in [0.5, 0.6) is 5.75 Å². The monoisotopic (exact) mass is 314 g/mol. The minimum atomic E-state index is -0.825. The SMILES string of the molecule is CCOC(=O)[C@H](Cc1ccc(O)cc1)NC(=O)c1ccccn1. The van der Waals surface area contributed by atoms with Crippen molar-refractivity contribution in [1.82, 2.24) is 10.3 Å². The fourth-order valence-corrected chi connectivity index (χ4v) is 2.03. The Morgan fingerprint density at radius 1 is 1.22 bits per heavy atom. The molecule has 1 heterocycles. The van der Waals surface area contributed by atoms with E-state index in [0.717, 1.165) is 5.56 Å². The van der Waals surface area contributed by atoms with Crippen LogP contribution in [-0.2, 0) is 16.0 Å². The minimum absolute atomic E-state index is 0.138. The van der Waals surface area contributed by atoms with Crippen molar-refractivity contribution >= 4 is 11.9 Å². The summed E-state index contributed by atoms with van der Waals surface area (Å²) in [6, 6.07) is 10.6. The molecule has 2 rings (SSSR count). The topological polar surface area (TPSA) is 88.5 Å². The molecule has 1 aromatic heterocycles. The summed E-state index contributed by atoms with van der Waals surface area (Å²) in [5.74, 6) is -0.814. The molecular weight excluding hydrogens is 296 g/mol. The van der Waals surface area contributed by atoms with Gasteiger partial charge in [-0.3, -0.25) is 9.78 Å². The summed E-state index contributed by atoms with van der Waals surface area (Å²) in [6.07, 6.45) is 1.77. The number of rotatable bonds is 6. The molecule has 1 aromatic carbocycles. The number of benzene rings is 1. The molecule has 0 saturated carbocycles. The number of nitrogens with one attached hydrogen (secondary N) is 1. The molecule has 0 unspecified atom stereocenters. The van der Waals surface area contributed by atoms with Gasteiger partial charge >= 0.3 is 5.97 Å². The van der Waals surface area contributed by atoms with Gasteiger partial charge in [0.05, 0.1) is 6.61 Å². The van der Waals surface area contributed by atoms with Crippen LogP contribution in [0, 0.1) is 0 Å². The molecule has 0 fully saturated rings. The van der Waals surface area contributed by atoms with Gasteiger partial charge in [0.1, 0.15) is 17.5 Å². The Hall–Kier alpha value is -2.89. The second-order valence-electron chi connectivity index (χ2n) is 4.86. The van der Waals surface area contributed by atoms with Crippen molar-refractivity contribution in [1.29, 1.82) is 0 Å². The van der Waals surface area contributed by atoms with Crippen molar-refractivity contribution in [3.63, 3.8) is 0 Å². The summed E-state index contributed by atoms with van der Waals surface area (Å²) in [6.45, 7) is 1.93. The smallest absolute Gasteiger partial charge is 0.328 e. The number of nitrogens with zero attached hydrogens (tertiary/aromatic N) is 1. The first kappa shape index (κ1) is 16.5. The first-order valence-electron chi connectivity index (χ1n) is 7.26. The average Bonchev–Trinajstić information content (AvgIpc) is 2.57. The van der Waals surface area contributed by atoms with Crippen LogP contribution in [0.4, 0.5) is 0 Å². The second-order valence-corrected chi connectivity index (χ2v) is 4.86. The summed E-state index contributed by atoms with van der Waals surface area (Å²) >= 11 is 0. The van der Waals surface area contributed by atoms with Gasteiger partial charge < -0.3 is 15.2 Å². The third kappa shape index (κ3) is 4.81. The van der Waals surface area contributed by atoms with E-state index in [-0.39, 0.29) is 24.5 Å². The highest BCUT2D eigenvalue weighted by atomic mass is 16.5. The van der Waals surface area contributed by atoms with Crippen molar-refractivity contribution in [2.24, 2.45) is 0 Å². The molecule has 6 heteroatoms. The zero-order valence-electron chi connectivity index (χ0n) is 12.7. The molecule has 120 valence electrons. The fourth-order valence-electron chi connectivity index (χ4n) is 2.03. The molecule has 1 atom stereocenters. The molecule has 0 radical (unpaired) electrons. The molecular formula is C17H18N2O4. The van der Waals surface area contributed by atoms with Crippen LogP contribution in [0.3, 0.4) is 0 Å². The standard InChI is InChI=1S/C17H18N2O4/c1-2-23-17(22)15(11-12-6-8-13(20)9-7-12)19-16(21)14-5-3-4-10-18-14/h3-10,15,20H,2,11H2,1H3,(H,19,21)/t15-/m0/s1. The first-order chi connectivity index (χ1) is 11.1. The number of hydrogen-bond donors (Lipinski definition) is 2. The zero-order chi connectivity index (χ0) is 16.7. The Kier molecular flexibility index (Phi) is 5.68. The molecule has 0 aliphatic rings. The average molecular weight is 314 g/mol. The van der Waals surface area contributed by atoms with Gasteiger partial charge in [-0.25, -0.2) is 4.79 Å². The number of carbonyl (C=O) groups is 2. The van der Waals surface area contributed by atoms with Crippen LogP contribution in [0.15, 0.2) is 48.7 Å². The predicted octanol–water partition coefficient (Wildman–Crippen LogP) is 1.69. The van der Waals surface area contributed by atoms with Crippen molar-refractivity contribution in [3.8, 4) is 5.75 Å². The number of carbonyl (C=O) groups excluding carboxylic acids is 2. The second kappa shape index (κ2) is 7.93. The number of phenolic OH excluding ortho intramolecular Hbond substituents is 1. The highest BCUT2D eigenvalue weighted by Crippen LogP contribution is 2.12. The summed E-state index contributed by atoms with van der Waals surface area (Å²) in [7, 11) is 0. The van der Waals surface area contributed by atoms with E-state index in [1.54, 1.807) is 37.3 Å². The Bertz CT molecular complexity index is 656. The number of aromatic nitrogens is 1. The van der Waals surface area contributed by atoms with E-state index < -0.39 is 17.9 Å². The normalized spacial score (nSPS) is 11.5.